The highest BCUT2D eigenvalue weighted by molar-refractivity contribution is 5.67. The largest absolute Gasteiger partial charge is 0.481 e. The Morgan fingerprint density at radius 3 is 2.60 bits per heavy atom. The van der Waals surface area contributed by atoms with Gasteiger partial charge in [-0.15, -0.1) is 6.58 Å². The molecule has 0 saturated heterocycles. The molecule has 0 aromatic rings. The molecule has 0 aliphatic rings. The lowest BCUT2D eigenvalue weighted by Gasteiger charge is -2.05. The van der Waals surface area contributed by atoms with Gasteiger partial charge in [0.2, 0.25) is 0 Å². The third-order valence-corrected chi connectivity index (χ3v) is 1.27. The number of carboxylic acid groups (broad SMARTS) is 1. The minimum absolute atomic E-state index is 0.0178. The monoisotopic (exact) mass is 144 g/mol. The number of hydrogen-bond donors (Lipinski definition) is 2. The van der Waals surface area contributed by atoms with Gasteiger partial charge in [0.1, 0.15) is 0 Å². The zero-order chi connectivity index (χ0) is 7.98. The predicted octanol–water partition coefficient (Wildman–Crippen LogP) is 0.646. The first kappa shape index (κ1) is 9.17. The second-order valence-electron chi connectivity index (χ2n) is 2.11. The van der Waals surface area contributed by atoms with Crippen LogP contribution in [-0.4, -0.2) is 22.8 Å². The van der Waals surface area contributed by atoms with Crippen molar-refractivity contribution in [3.63, 3.8) is 0 Å². The molecule has 3 nitrogen and oxygen atoms in total. The molecule has 0 aliphatic heterocycles. The lowest BCUT2D eigenvalue weighted by atomic mass is 10.0. The first-order valence-corrected chi connectivity index (χ1v) is 3.16. The molecular weight excluding hydrogens is 132 g/mol. The number of hydrogen-bond acceptors (Lipinski definition) is 2. The topological polar surface area (TPSA) is 57.5 Å². The molecule has 0 fully saturated rings. The van der Waals surface area contributed by atoms with Crippen molar-refractivity contribution in [2.24, 2.45) is 5.92 Å². The highest BCUT2D eigenvalue weighted by Crippen LogP contribution is 2.08. The number of carbonyl (C=O) groups is 1. The second kappa shape index (κ2) is 4.99. The maximum atomic E-state index is 10.1. The SMILES string of the molecule is C=CC(CCO)CC(=O)O. The first-order chi connectivity index (χ1) is 4.70. The van der Waals surface area contributed by atoms with Crippen LogP contribution in [0.25, 0.3) is 0 Å². The Bertz CT molecular complexity index is 120. The fourth-order valence-corrected chi connectivity index (χ4v) is 0.693. The van der Waals surface area contributed by atoms with Gasteiger partial charge in [0.05, 0.1) is 6.42 Å². The summed E-state index contributed by atoms with van der Waals surface area (Å²) < 4.78 is 0. The van der Waals surface area contributed by atoms with Gasteiger partial charge in [0, 0.05) is 6.61 Å². The number of aliphatic hydroxyl groups is 1. The van der Waals surface area contributed by atoms with E-state index in [1.54, 1.807) is 6.08 Å². The highest BCUT2D eigenvalue weighted by Gasteiger charge is 2.07. The zero-order valence-corrected chi connectivity index (χ0v) is 5.79. The number of aliphatic hydroxyl groups excluding tert-OH is 1. The second-order valence-corrected chi connectivity index (χ2v) is 2.11. The molecule has 0 heterocycles. The minimum atomic E-state index is -0.849. The normalized spacial score (nSPS) is 12.5. The van der Waals surface area contributed by atoms with Crippen molar-refractivity contribution in [1.82, 2.24) is 0 Å². The van der Waals surface area contributed by atoms with Crippen LogP contribution < -0.4 is 0 Å². The van der Waals surface area contributed by atoms with E-state index in [-0.39, 0.29) is 18.9 Å². The van der Waals surface area contributed by atoms with Crippen LogP contribution in [-0.2, 0) is 4.79 Å². The Kier molecular flexibility index (Phi) is 4.58. The summed E-state index contributed by atoms with van der Waals surface area (Å²) in [4.78, 5) is 10.1. The zero-order valence-electron chi connectivity index (χ0n) is 5.79. The van der Waals surface area contributed by atoms with Crippen LogP contribution in [0.3, 0.4) is 0 Å². The van der Waals surface area contributed by atoms with Crippen LogP contribution in [0.5, 0.6) is 0 Å². The average molecular weight is 144 g/mol. The first-order valence-electron chi connectivity index (χ1n) is 3.16. The highest BCUT2D eigenvalue weighted by atomic mass is 16.4. The molecule has 0 radical (unpaired) electrons. The Balaban J connectivity index is 3.59. The van der Waals surface area contributed by atoms with Crippen molar-refractivity contribution >= 4 is 5.97 Å². The molecule has 10 heavy (non-hydrogen) atoms. The van der Waals surface area contributed by atoms with Crippen LogP contribution >= 0.6 is 0 Å². The van der Waals surface area contributed by atoms with Gasteiger partial charge in [-0.3, -0.25) is 4.79 Å². The maximum Gasteiger partial charge on any atom is 0.303 e. The summed E-state index contributed by atoms with van der Waals surface area (Å²) in [6.07, 6.45) is 2.10. The summed E-state index contributed by atoms with van der Waals surface area (Å²) in [5.41, 5.74) is 0. The molecule has 0 aromatic carbocycles. The van der Waals surface area contributed by atoms with Crippen molar-refractivity contribution in [2.45, 2.75) is 12.8 Å². The average Bonchev–Trinajstić information content (AvgIpc) is 1.86. The van der Waals surface area contributed by atoms with Gasteiger partial charge < -0.3 is 10.2 Å². The molecule has 0 amide bonds. The van der Waals surface area contributed by atoms with E-state index in [9.17, 15) is 4.79 Å². The molecular formula is C7H12O3. The van der Waals surface area contributed by atoms with Gasteiger partial charge in [0.25, 0.3) is 0 Å². The Hall–Kier alpha value is -0.830. The van der Waals surface area contributed by atoms with E-state index in [4.69, 9.17) is 10.2 Å². The van der Waals surface area contributed by atoms with E-state index >= 15 is 0 Å². The molecule has 0 bridgehead atoms. The fraction of sp³-hybridized carbons (Fsp3) is 0.571. The Morgan fingerprint density at radius 2 is 2.30 bits per heavy atom. The quantitative estimate of drug-likeness (QED) is 0.557. The van der Waals surface area contributed by atoms with Gasteiger partial charge >= 0.3 is 5.97 Å². The lowest BCUT2D eigenvalue weighted by Crippen LogP contribution is -2.06. The molecule has 1 atom stereocenters. The number of carboxylic acids is 1. The van der Waals surface area contributed by atoms with Crippen molar-refractivity contribution in [3.05, 3.63) is 12.7 Å². The lowest BCUT2D eigenvalue weighted by molar-refractivity contribution is -0.137. The van der Waals surface area contributed by atoms with E-state index in [0.29, 0.717) is 6.42 Å². The van der Waals surface area contributed by atoms with Crippen molar-refractivity contribution in [3.8, 4) is 0 Å². The van der Waals surface area contributed by atoms with E-state index in [1.807, 2.05) is 0 Å². The standard InChI is InChI=1S/C7H12O3/c1-2-6(3-4-8)5-7(9)10/h2,6,8H,1,3-5H2,(H,9,10). The van der Waals surface area contributed by atoms with E-state index < -0.39 is 5.97 Å². The molecule has 1 unspecified atom stereocenters. The van der Waals surface area contributed by atoms with Crippen LogP contribution in [0, 0.1) is 5.92 Å². The van der Waals surface area contributed by atoms with Crippen LogP contribution in [0.2, 0.25) is 0 Å². The molecule has 0 spiro atoms. The van der Waals surface area contributed by atoms with E-state index in [2.05, 4.69) is 6.58 Å². The molecule has 0 rings (SSSR count). The number of allylic oxidation sites excluding steroid dienone is 1. The number of rotatable bonds is 5. The molecule has 0 aliphatic carbocycles. The number of aliphatic carboxylic acids is 1. The summed E-state index contributed by atoms with van der Waals surface area (Å²) in [6.45, 7) is 3.48. The van der Waals surface area contributed by atoms with Crippen LogP contribution in [0.4, 0.5) is 0 Å². The van der Waals surface area contributed by atoms with Crippen LogP contribution in [0.1, 0.15) is 12.8 Å². The third kappa shape index (κ3) is 4.09. The predicted molar refractivity (Wildman–Crippen MR) is 37.6 cm³/mol. The molecule has 0 saturated carbocycles. The van der Waals surface area contributed by atoms with Gasteiger partial charge in [-0.2, -0.15) is 0 Å². The van der Waals surface area contributed by atoms with Crippen molar-refractivity contribution in [2.75, 3.05) is 6.61 Å². The summed E-state index contributed by atoms with van der Waals surface area (Å²) >= 11 is 0. The van der Waals surface area contributed by atoms with Crippen molar-refractivity contribution in [1.29, 1.82) is 0 Å². The molecule has 58 valence electrons. The summed E-state index contributed by atoms with van der Waals surface area (Å²) in [5.74, 6) is -0.944. The third-order valence-electron chi connectivity index (χ3n) is 1.27. The van der Waals surface area contributed by atoms with Gasteiger partial charge in [-0.1, -0.05) is 6.08 Å². The van der Waals surface area contributed by atoms with Gasteiger partial charge in [-0.05, 0) is 12.3 Å². The van der Waals surface area contributed by atoms with Gasteiger partial charge in [0.15, 0.2) is 0 Å². The Labute approximate surface area is 60.0 Å². The van der Waals surface area contributed by atoms with E-state index in [0.717, 1.165) is 0 Å². The van der Waals surface area contributed by atoms with Crippen molar-refractivity contribution < 1.29 is 15.0 Å². The summed E-state index contributed by atoms with van der Waals surface area (Å²) in [5, 5.41) is 16.8. The minimum Gasteiger partial charge on any atom is -0.481 e. The maximum absolute atomic E-state index is 10.1. The summed E-state index contributed by atoms with van der Waals surface area (Å²) in [6, 6.07) is 0. The summed E-state index contributed by atoms with van der Waals surface area (Å²) in [7, 11) is 0. The molecule has 0 aromatic heterocycles. The van der Waals surface area contributed by atoms with Gasteiger partial charge in [-0.25, -0.2) is 0 Å². The molecule has 3 heteroatoms. The molecule has 2 N–H and O–H groups in total. The fourth-order valence-electron chi connectivity index (χ4n) is 0.693. The Morgan fingerprint density at radius 1 is 1.70 bits per heavy atom. The van der Waals surface area contributed by atoms with E-state index in [1.165, 1.54) is 0 Å². The van der Waals surface area contributed by atoms with Crippen LogP contribution in [0.15, 0.2) is 12.7 Å². The smallest absolute Gasteiger partial charge is 0.303 e.